The number of thioether (sulfide) groups is 1. The number of aromatic hydroxyl groups is 1. The van der Waals surface area contributed by atoms with Gasteiger partial charge in [-0.1, -0.05) is 24.3 Å². The van der Waals surface area contributed by atoms with E-state index < -0.39 is 0 Å². The van der Waals surface area contributed by atoms with Gasteiger partial charge in [0, 0.05) is 10.6 Å². The number of benzene rings is 2. The first-order chi connectivity index (χ1) is 9.56. The second-order valence-corrected chi connectivity index (χ2v) is 5.65. The van der Waals surface area contributed by atoms with E-state index in [0.29, 0.717) is 5.75 Å². The molecule has 0 heterocycles. The second-order valence-electron chi connectivity index (χ2n) is 4.60. The van der Waals surface area contributed by atoms with Crippen molar-refractivity contribution in [3.05, 3.63) is 53.6 Å². The summed E-state index contributed by atoms with van der Waals surface area (Å²) in [5, 5.41) is 12.3. The van der Waals surface area contributed by atoms with E-state index >= 15 is 0 Å². The Bertz CT molecular complexity index is 605. The molecule has 2 aromatic rings. The van der Waals surface area contributed by atoms with E-state index in [1.54, 1.807) is 18.2 Å². The zero-order chi connectivity index (χ0) is 14.5. The Morgan fingerprint density at radius 2 is 1.80 bits per heavy atom. The Kier molecular flexibility index (Phi) is 4.69. The summed E-state index contributed by atoms with van der Waals surface area (Å²) >= 11 is 1.40. The SMILES string of the molecule is Cc1cccc(C)c1NC(=O)CSc1cccc(O)c1. The molecule has 20 heavy (non-hydrogen) atoms. The van der Waals surface area contributed by atoms with Crippen molar-refractivity contribution >= 4 is 23.4 Å². The van der Waals surface area contributed by atoms with Crippen LogP contribution in [-0.2, 0) is 4.79 Å². The Morgan fingerprint density at radius 3 is 2.45 bits per heavy atom. The molecule has 0 aliphatic carbocycles. The number of anilines is 1. The molecule has 2 aromatic carbocycles. The summed E-state index contributed by atoms with van der Waals surface area (Å²) in [4.78, 5) is 12.9. The van der Waals surface area contributed by atoms with Crippen LogP contribution >= 0.6 is 11.8 Å². The zero-order valence-corrected chi connectivity index (χ0v) is 12.3. The predicted octanol–water partition coefficient (Wildman–Crippen LogP) is 3.74. The minimum Gasteiger partial charge on any atom is -0.508 e. The van der Waals surface area contributed by atoms with Gasteiger partial charge in [-0.3, -0.25) is 4.79 Å². The van der Waals surface area contributed by atoms with Gasteiger partial charge in [0.25, 0.3) is 0 Å². The molecule has 2 rings (SSSR count). The van der Waals surface area contributed by atoms with E-state index in [-0.39, 0.29) is 11.7 Å². The summed E-state index contributed by atoms with van der Waals surface area (Å²) < 4.78 is 0. The lowest BCUT2D eigenvalue weighted by Gasteiger charge is -2.11. The van der Waals surface area contributed by atoms with Crippen LogP contribution in [0.4, 0.5) is 5.69 Å². The van der Waals surface area contributed by atoms with Crippen LogP contribution in [0.5, 0.6) is 5.75 Å². The number of hydrogen-bond donors (Lipinski definition) is 2. The summed E-state index contributed by atoms with van der Waals surface area (Å²) in [5.74, 6) is 0.484. The second kappa shape index (κ2) is 6.48. The fraction of sp³-hybridized carbons (Fsp3) is 0.188. The maximum atomic E-state index is 12.0. The van der Waals surface area contributed by atoms with Crippen molar-refractivity contribution in [1.29, 1.82) is 0 Å². The predicted molar refractivity (Wildman–Crippen MR) is 83.4 cm³/mol. The molecule has 1 amide bonds. The Hall–Kier alpha value is -1.94. The molecular weight excluding hydrogens is 270 g/mol. The van der Waals surface area contributed by atoms with Gasteiger partial charge in [-0.15, -0.1) is 11.8 Å². The molecule has 4 heteroatoms. The number of rotatable bonds is 4. The molecule has 2 N–H and O–H groups in total. The highest BCUT2D eigenvalue weighted by molar-refractivity contribution is 8.00. The van der Waals surface area contributed by atoms with Crippen molar-refractivity contribution in [1.82, 2.24) is 0 Å². The van der Waals surface area contributed by atoms with Crippen molar-refractivity contribution < 1.29 is 9.90 Å². The van der Waals surface area contributed by atoms with E-state index in [1.165, 1.54) is 11.8 Å². The van der Waals surface area contributed by atoms with Crippen LogP contribution in [0, 0.1) is 13.8 Å². The van der Waals surface area contributed by atoms with Crippen LogP contribution in [0.3, 0.4) is 0 Å². The van der Waals surface area contributed by atoms with Gasteiger partial charge in [-0.05, 0) is 43.2 Å². The van der Waals surface area contributed by atoms with Gasteiger partial charge in [-0.25, -0.2) is 0 Å². The fourth-order valence-electron chi connectivity index (χ4n) is 1.91. The Balaban J connectivity index is 1.96. The number of para-hydroxylation sites is 1. The van der Waals surface area contributed by atoms with Gasteiger partial charge in [0.15, 0.2) is 0 Å². The van der Waals surface area contributed by atoms with Gasteiger partial charge in [0.2, 0.25) is 5.91 Å². The molecule has 0 fully saturated rings. The molecular formula is C16H17NO2S. The zero-order valence-electron chi connectivity index (χ0n) is 11.5. The van der Waals surface area contributed by atoms with Crippen LogP contribution < -0.4 is 5.32 Å². The lowest BCUT2D eigenvalue weighted by atomic mass is 10.1. The first kappa shape index (κ1) is 14.5. The summed E-state index contributed by atoms with van der Waals surface area (Å²) in [6.45, 7) is 3.95. The van der Waals surface area contributed by atoms with Crippen LogP contribution in [0.25, 0.3) is 0 Å². The average molecular weight is 287 g/mol. The number of aryl methyl sites for hydroxylation is 2. The largest absolute Gasteiger partial charge is 0.508 e. The van der Waals surface area contributed by atoms with Crippen molar-refractivity contribution in [3.8, 4) is 5.75 Å². The molecule has 0 aromatic heterocycles. The summed E-state index contributed by atoms with van der Waals surface area (Å²) in [6.07, 6.45) is 0. The molecule has 0 radical (unpaired) electrons. The average Bonchev–Trinajstić information content (AvgIpc) is 2.41. The molecule has 0 saturated heterocycles. The van der Waals surface area contributed by atoms with Crippen LogP contribution in [0.2, 0.25) is 0 Å². The minimum absolute atomic E-state index is 0.0456. The van der Waals surface area contributed by atoms with Crippen molar-refractivity contribution in [2.75, 3.05) is 11.1 Å². The molecule has 104 valence electrons. The van der Waals surface area contributed by atoms with Gasteiger partial charge in [0.1, 0.15) is 5.75 Å². The number of phenols is 1. The van der Waals surface area contributed by atoms with Crippen LogP contribution in [0.15, 0.2) is 47.4 Å². The summed E-state index contributed by atoms with van der Waals surface area (Å²) in [5.41, 5.74) is 3.00. The third kappa shape index (κ3) is 3.78. The molecule has 0 bridgehead atoms. The maximum Gasteiger partial charge on any atom is 0.234 e. The number of phenolic OH excluding ortho intramolecular Hbond substituents is 1. The highest BCUT2D eigenvalue weighted by Crippen LogP contribution is 2.23. The Morgan fingerprint density at radius 1 is 1.15 bits per heavy atom. The van der Waals surface area contributed by atoms with Gasteiger partial charge >= 0.3 is 0 Å². The molecule has 3 nitrogen and oxygen atoms in total. The van der Waals surface area contributed by atoms with Gasteiger partial charge in [-0.2, -0.15) is 0 Å². The standard InChI is InChI=1S/C16H17NO2S/c1-11-5-3-6-12(2)16(11)17-15(19)10-20-14-8-4-7-13(18)9-14/h3-9,18H,10H2,1-2H3,(H,17,19). The highest BCUT2D eigenvalue weighted by Gasteiger charge is 2.08. The van der Waals surface area contributed by atoms with Crippen molar-refractivity contribution in [2.24, 2.45) is 0 Å². The van der Waals surface area contributed by atoms with Gasteiger partial charge in [0.05, 0.1) is 5.75 Å². The summed E-state index contributed by atoms with van der Waals surface area (Å²) in [7, 11) is 0. The van der Waals surface area contributed by atoms with E-state index in [4.69, 9.17) is 0 Å². The minimum atomic E-state index is -0.0456. The molecule has 0 spiro atoms. The smallest absolute Gasteiger partial charge is 0.234 e. The topological polar surface area (TPSA) is 49.3 Å². The lowest BCUT2D eigenvalue weighted by molar-refractivity contribution is -0.113. The van der Waals surface area contributed by atoms with E-state index in [2.05, 4.69) is 5.32 Å². The first-order valence-corrected chi connectivity index (χ1v) is 7.33. The van der Waals surface area contributed by atoms with Crippen molar-refractivity contribution in [3.63, 3.8) is 0 Å². The number of nitrogens with one attached hydrogen (secondary N) is 1. The van der Waals surface area contributed by atoms with E-state index in [9.17, 15) is 9.90 Å². The third-order valence-corrected chi connectivity index (χ3v) is 3.93. The Labute approximate surface area is 123 Å². The van der Waals surface area contributed by atoms with Gasteiger partial charge < -0.3 is 10.4 Å². The lowest BCUT2D eigenvalue weighted by Crippen LogP contribution is -2.15. The molecule has 0 saturated carbocycles. The molecule has 0 atom stereocenters. The molecule has 0 aliphatic heterocycles. The fourth-order valence-corrected chi connectivity index (χ4v) is 2.66. The normalized spacial score (nSPS) is 10.3. The van der Waals surface area contributed by atoms with E-state index in [0.717, 1.165) is 21.7 Å². The third-order valence-electron chi connectivity index (χ3n) is 2.93. The quantitative estimate of drug-likeness (QED) is 0.842. The number of carbonyl (C=O) groups is 1. The monoisotopic (exact) mass is 287 g/mol. The van der Waals surface area contributed by atoms with Crippen LogP contribution in [0.1, 0.15) is 11.1 Å². The summed E-state index contributed by atoms with van der Waals surface area (Å²) in [6, 6.07) is 12.8. The molecule has 0 aliphatic rings. The van der Waals surface area contributed by atoms with E-state index in [1.807, 2.05) is 38.1 Å². The maximum absolute atomic E-state index is 12.0. The number of carbonyl (C=O) groups excluding carboxylic acids is 1. The number of amides is 1. The van der Waals surface area contributed by atoms with Crippen molar-refractivity contribution in [2.45, 2.75) is 18.7 Å². The highest BCUT2D eigenvalue weighted by atomic mass is 32.2. The number of hydrogen-bond acceptors (Lipinski definition) is 3. The first-order valence-electron chi connectivity index (χ1n) is 6.34. The molecule has 0 unspecified atom stereocenters. The van der Waals surface area contributed by atoms with Crippen LogP contribution in [-0.4, -0.2) is 16.8 Å².